The summed E-state index contributed by atoms with van der Waals surface area (Å²) in [7, 11) is 2.04. The Morgan fingerprint density at radius 2 is 2.06 bits per heavy atom. The summed E-state index contributed by atoms with van der Waals surface area (Å²) < 4.78 is 0. The van der Waals surface area contributed by atoms with Gasteiger partial charge in [-0.2, -0.15) is 0 Å². The Labute approximate surface area is 110 Å². The van der Waals surface area contributed by atoms with Crippen LogP contribution in [-0.2, 0) is 0 Å². The lowest BCUT2D eigenvalue weighted by molar-refractivity contribution is 0.413. The summed E-state index contributed by atoms with van der Waals surface area (Å²) in [6.45, 7) is 2.08. The van der Waals surface area contributed by atoms with Crippen LogP contribution in [-0.4, -0.2) is 7.05 Å². The van der Waals surface area contributed by atoms with Crippen molar-refractivity contribution in [3.8, 4) is 0 Å². The number of benzene rings is 1. The van der Waals surface area contributed by atoms with Crippen LogP contribution in [0.1, 0.15) is 49.3 Å². The summed E-state index contributed by atoms with van der Waals surface area (Å²) in [4.78, 5) is 0. The SMILES string of the molecule is CNC(CC1CCCC1)c1ccc(C)cc1Cl. The minimum atomic E-state index is 0.409. The van der Waals surface area contributed by atoms with Gasteiger partial charge in [0.2, 0.25) is 0 Å². The Balaban J connectivity index is 2.10. The maximum atomic E-state index is 6.35. The van der Waals surface area contributed by atoms with Crippen LogP contribution in [0.5, 0.6) is 0 Å². The molecular formula is C15H22ClN. The number of rotatable bonds is 4. The van der Waals surface area contributed by atoms with Gasteiger partial charge in [-0.25, -0.2) is 0 Å². The molecule has 0 aromatic heterocycles. The van der Waals surface area contributed by atoms with Crippen molar-refractivity contribution < 1.29 is 0 Å². The molecular weight excluding hydrogens is 230 g/mol. The van der Waals surface area contributed by atoms with Gasteiger partial charge in [-0.05, 0) is 43.5 Å². The lowest BCUT2D eigenvalue weighted by Crippen LogP contribution is -2.19. The number of aryl methyl sites for hydroxylation is 1. The largest absolute Gasteiger partial charge is 0.313 e. The second kappa shape index (κ2) is 5.88. The average Bonchev–Trinajstić information content (AvgIpc) is 2.79. The fourth-order valence-corrected chi connectivity index (χ4v) is 3.26. The Morgan fingerprint density at radius 1 is 1.35 bits per heavy atom. The summed E-state index contributed by atoms with van der Waals surface area (Å²) in [5.74, 6) is 0.879. The standard InChI is InChI=1S/C15H22ClN/c1-11-7-8-13(14(16)9-11)15(17-2)10-12-5-3-4-6-12/h7-9,12,15,17H,3-6,10H2,1-2H3. The highest BCUT2D eigenvalue weighted by molar-refractivity contribution is 6.31. The second-order valence-corrected chi connectivity index (χ2v) is 5.66. The van der Waals surface area contributed by atoms with Gasteiger partial charge in [0.1, 0.15) is 0 Å². The molecule has 0 heterocycles. The molecule has 1 aliphatic rings. The third-order valence-electron chi connectivity index (χ3n) is 3.92. The molecule has 0 spiro atoms. The van der Waals surface area contributed by atoms with E-state index in [1.54, 1.807) is 0 Å². The Morgan fingerprint density at radius 3 is 2.65 bits per heavy atom. The minimum Gasteiger partial charge on any atom is -0.313 e. The highest BCUT2D eigenvalue weighted by Crippen LogP contribution is 2.35. The van der Waals surface area contributed by atoms with Gasteiger partial charge in [0.15, 0.2) is 0 Å². The van der Waals surface area contributed by atoms with E-state index >= 15 is 0 Å². The molecule has 1 saturated carbocycles. The molecule has 0 amide bonds. The minimum absolute atomic E-state index is 0.409. The molecule has 0 saturated heterocycles. The van der Waals surface area contributed by atoms with Gasteiger partial charge in [-0.15, -0.1) is 0 Å². The third kappa shape index (κ3) is 3.23. The lowest BCUT2D eigenvalue weighted by atomic mass is 9.93. The van der Waals surface area contributed by atoms with E-state index in [0.29, 0.717) is 6.04 Å². The molecule has 2 heteroatoms. The van der Waals surface area contributed by atoms with Crippen LogP contribution in [0.15, 0.2) is 18.2 Å². The lowest BCUT2D eigenvalue weighted by Gasteiger charge is -2.21. The van der Waals surface area contributed by atoms with Gasteiger partial charge in [-0.3, -0.25) is 0 Å². The maximum absolute atomic E-state index is 6.35. The quantitative estimate of drug-likeness (QED) is 0.832. The highest BCUT2D eigenvalue weighted by Gasteiger charge is 2.21. The fraction of sp³-hybridized carbons (Fsp3) is 0.600. The number of halogens is 1. The van der Waals surface area contributed by atoms with E-state index in [0.717, 1.165) is 10.9 Å². The first kappa shape index (κ1) is 12.9. The molecule has 1 N–H and O–H groups in total. The molecule has 0 radical (unpaired) electrons. The van der Waals surface area contributed by atoms with Gasteiger partial charge in [0.25, 0.3) is 0 Å². The zero-order valence-corrected chi connectivity index (χ0v) is 11.6. The molecule has 1 aromatic rings. The van der Waals surface area contributed by atoms with E-state index in [9.17, 15) is 0 Å². The Kier molecular flexibility index (Phi) is 4.47. The molecule has 17 heavy (non-hydrogen) atoms. The van der Waals surface area contributed by atoms with Crippen LogP contribution in [0.4, 0.5) is 0 Å². The Bertz CT molecular complexity index is 369. The van der Waals surface area contributed by atoms with E-state index in [4.69, 9.17) is 11.6 Å². The first-order chi connectivity index (χ1) is 8.20. The Hall–Kier alpha value is -0.530. The van der Waals surface area contributed by atoms with Crippen LogP contribution in [0.3, 0.4) is 0 Å². The maximum Gasteiger partial charge on any atom is 0.0456 e. The smallest absolute Gasteiger partial charge is 0.0456 e. The van der Waals surface area contributed by atoms with Crippen LogP contribution in [0, 0.1) is 12.8 Å². The molecule has 2 rings (SSSR count). The first-order valence-corrected chi connectivity index (χ1v) is 7.02. The summed E-state index contributed by atoms with van der Waals surface area (Å²) in [6.07, 6.45) is 6.81. The third-order valence-corrected chi connectivity index (χ3v) is 4.25. The second-order valence-electron chi connectivity index (χ2n) is 5.25. The monoisotopic (exact) mass is 251 g/mol. The molecule has 0 aliphatic heterocycles. The molecule has 94 valence electrons. The fourth-order valence-electron chi connectivity index (χ4n) is 2.89. The predicted molar refractivity (Wildman–Crippen MR) is 74.6 cm³/mol. The van der Waals surface area contributed by atoms with Crippen LogP contribution >= 0.6 is 11.6 Å². The summed E-state index contributed by atoms with van der Waals surface area (Å²) in [5, 5.41) is 4.33. The molecule has 0 bridgehead atoms. The van der Waals surface area contributed by atoms with E-state index < -0.39 is 0 Å². The van der Waals surface area contributed by atoms with Crippen molar-refractivity contribution in [2.45, 2.75) is 45.1 Å². The highest BCUT2D eigenvalue weighted by atomic mass is 35.5. The van der Waals surface area contributed by atoms with Crippen molar-refractivity contribution in [2.75, 3.05) is 7.05 Å². The van der Waals surface area contributed by atoms with Crippen LogP contribution in [0.2, 0.25) is 5.02 Å². The number of hydrogen-bond acceptors (Lipinski definition) is 1. The van der Waals surface area contributed by atoms with Gasteiger partial charge in [0.05, 0.1) is 0 Å². The van der Waals surface area contributed by atoms with Crippen LogP contribution in [0.25, 0.3) is 0 Å². The molecule has 1 atom stereocenters. The first-order valence-electron chi connectivity index (χ1n) is 6.64. The molecule has 1 aliphatic carbocycles. The van der Waals surface area contributed by atoms with Crippen molar-refractivity contribution in [1.82, 2.24) is 5.32 Å². The zero-order valence-electron chi connectivity index (χ0n) is 10.8. The van der Waals surface area contributed by atoms with Crippen molar-refractivity contribution in [3.63, 3.8) is 0 Å². The molecule has 1 nitrogen and oxygen atoms in total. The zero-order chi connectivity index (χ0) is 12.3. The van der Waals surface area contributed by atoms with E-state index in [2.05, 4.69) is 30.4 Å². The molecule has 1 fully saturated rings. The summed E-state index contributed by atoms with van der Waals surface area (Å²) in [6, 6.07) is 6.80. The normalized spacial score (nSPS) is 18.5. The number of hydrogen-bond donors (Lipinski definition) is 1. The summed E-state index contributed by atoms with van der Waals surface area (Å²) >= 11 is 6.35. The average molecular weight is 252 g/mol. The summed E-state index contributed by atoms with van der Waals surface area (Å²) in [5.41, 5.74) is 2.49. The predicted octanol–water partition coefficient (Wildman–Crippen LogP) is 4.49. The van der Waals surface area contributed by atoms with Crippen molar-refractivity contribution in [1.29, 1.82) is 0 Å². The van der Waals surface area contributed by atoms with Gasteiger partial charge < -0.3 is 5.32 Å². The topological polar surface area (TPSA) is 12.0 Å². The van der Waals surface area contributed by atoms with Crippen molar-refractivity contribution >= 4 is 11.6 Å². The van der Waals surface area contributed by atoms with E-state index in [-0.39, 0.29) is 0 Å². The van der Waals surface area contributed by atoms with Crippen molar-refractivity contribution in [3.05, 3.63) is 34.3 Å². The van der Waals surface area contributed by atoms with Crippen molar-refractivity contribution in [2.24, 2.45) is 5.92 Å². The van der Waals surface area contributed by atoms with E-state index in [1.165, 1.54) is 43.2 Å². The molecule has 1 unspecified atom stereocenters. The van der Waals surface area contributed by atoms with E-state index in [1.807, 2.05) is 7.05 Å². The molecule has 1 aromatic carbocycles. The van der Waals surface area contributed by atoms with Gasteiger partial charge >= 0.3 is 0 Å². The van der Waals surface area contributed by atoms with Crippen LogP contribution < -0.4 is 5.32 Å². The number of nitrogens with one attached hydrogen (secondary N) is 1. The van der Waals surface area contributed by atoms with Gasteiger partial charge in [0, 0.05) is 11.1 Å². The van der Waals surface area contributed by atoms with Gasteiger partial charge in [-0.1, -0.05) is 49.4 Å².